The van der Waals surface area contributed by atoms with Crippen molar-refractivity contribution < 1.29 is 9.18 Å². The second kappa shape index (κ2) is 6.71. The van der Waals surface area contributed by atoms with Crippen molar-refractivity contribution in [1.82, 2.24) is 10.2 Å². The Morgan fingerprint density at radius 1 is 1.14 bits per heavy atom. The lowest BCUT2D eigenvalue weighted by Crippen LogP contribution is -2.37. The van der Waals surface area contributed by atoms with Gasteiger partial charge < -0.3 is 5.32 Å². The van der Waals surface area contributed by atoms with Crippen LogP contribution in [0.25, 0.3) is 0 Å². The zero-order valence-corrected chi connectivity index (χ0v) is 12.4. The number of benzene rings is 2. The Morgan fingerprint density at radius 2 is 1.95 bits per heavy atom. The summed E-state index contributed by atoms with van der Waals surface area (Å²) in [6, 6.07) is 14.2. The van der Waals surface area contributed by atoms with Crippen LogP contribution in [-0.4, -0.2) is 30.4 Å². The van der Waals surface area contributed by atoms with E-state index in [1.165, 1.54) is 23.3 Å². The maximum atomic E-state index is 13.1. The molecule has 0 radical (unpaired) electrons. The van der Waals surface area contributed by atoms with E-state index in [-0.39, 0.29) is 11.7 Å². The van der Waals surface area contributed by atoms with Crippen LogP contribution in [0.2, 0.25) is 0 Å². The largest absolute Gasteiger partial charge is 0.351 e. The van der Waals surface area contributed by atoms with Crippen LogP contribution in [0, 0.1) is 5.82 Å². The highest BCUT2D eigenvalue weighted by atomic mass is 19.1. The van der Waals surface area contributed by atoms with Crippen LogP contribution in [-0.2, 0) is 13.0 Å². The van der Waals surface area contributed by atoms with Gasteiger partial charge in [0.15, 0.2) is 0 Å². The molecule has 0 aliphatic carbocycles. The highest BCUT2D eigenvalue weighted by Gasteiger charge is 2.15. The molecule has 0 unspecified atom stereocenters. The summed E-state index contributed by atoms with van der Waals surface area (Å²) < 4.78 is 13.1. The summed E-state index contributed by atoms with van der Waals surface area (Å²) in [6.45, 7) is 3.30. The molecule has 0 aromatic heterocycles. The lowest BCUT2D eigenvalue weighted by Gasteiger charge is -2.28. The van der Waals surface area contributed by atoms with Crippen molar-refractivity contribution in [2.45, 2.75) is 13.0 Å². The van der Waals surface area contributed by atoms with E-state index in [1.54, 1.807) is 12.1 Å². The third-order valence-electron chi connectivity index (χ3n) is 4.01. The van der Waals surface area contributed by atoms with Gasteiger partial charge in [-0.3, -0.25) is 9.69 Å². The maximum absolute atomic E-state index is 13.1. The fourth-order valence-corrected chi connectivity index (χ4v) is 2.80. The molecule has 2 aromatic rings. The molecule has 114 valence electrons. The fraction of sp³-hybridized carbons (Fsp3) is 0.278. The molecule has 0 atom stereocenters. The van der Waals surface area contributed by atoms with E-state index in [0.29, 0.717) is 12.1 Å². The Labute approximate surface area is 129 Å². The molecule has 0 bridgehead atoms. The van der Waals surface area contributed by atoms with Gasteiger partial charge in [-0.05, 0) is 35.7 Å². The number of halogens is 1. The Bertz CT molecular complexity index is 672. The topological polar surface area (TPSA) is 32.3 Å². The molecule has 1 aliphatic rings. The van der Waals surface area contributed by atoms with Crippen LogP contribution in [0.1, 0.15) is 21.5 Å². The smallest absolute Gasteiger partial charge is 0.251 e. The number of hydrogen-bond donors (Lipinski definition) is 1. The number of carbonyl (C=O) groups excluding carboxylic acids is 1. The first-order valence-electron chi connectivity index (χ1n) is 7.55. The predicted molar refractivity (Wildman–Crippen MR) is 84.2 cm³/mol. The van der Waals surface area contributed by atoms with Gasteiger partial charge in [-0.25, -0.2) is 4.39 Å². The molecule has 1 N–H and O–H groups in total. The lowest BCUT2D eigenvalue weighted by molar-refractivity contribution is 0.0947. The molecule has 3 rings (SSSR count). The van der Waals surface area contributed by atoms with Crippen molar-refractivity contribution in [3.8, 4) is 0 Å². The van der Waals surface area contributed by atoms with E-state index >= 15 is 0 Å². The molecule has 4 heteroatoms. The van der Waals surface area contributed by atoms with Crippen molar-refractivity contribution in [2.24, 2.45) is 0 Å². The van der Waals surface area contributed by atoms with Crippen LogP contribution in [0.3, 0.4) is 0 Å². The average molecular weight is 298 g/mol. The average Bonchev–Trinajstić information content (AvgIpc) is 2.54. The Morgan fingerprint density at radius 3 is 2.77 bits per heavy atom. The van der Waals surface area contributed by atoms with Gasteiger partial charge >= 0.3 is 0 Å². The van der Waals surface area contributed by atoms with Gasteiger partial charge in [0, 0.05) is 31.7 Å². The van der Waals surface area contributed by atoms with E-state index in [4.69, 9.17) is 0 Å². The number of hydrogen-bond acceptors (Lipinski definition) is 2. The zero-order valence-electron chi connectivity index (χ0n) is 12.4. The number of amides is 1. The molecule has 2 aromatic carbocycles. The summed E-state index contributed by atoms with van der Waals surface area (Å²) >= 11 is 0. The first-order chi connectivity index (χ1) is 10.7. The Balaban J connectivity index is 1.49. The third-order valence-corrected chi connectivity index (χ3v) is 4.01. The Hall–Kier alpha value is -2.20. The second-order valence-electron chi connectivity index (χ2n) is 5.56. The number of rotatable bonds is 4. The van der Waals surface area contributed by atoms with Crippen molar-refractivity contribution in [3.05, 3.63) is 71.0 Å². The predicted octanol–water partition coefficient (Wildman–Crippen LogP) is 2.61. The molecule has 1 aliphatic heterocycles. The summed E-state index contributed by atoms with van der Waals surface area (Å²) in [5.74, 6) is -0.614. The van der Waals surface area contributed by atoms with Crippen LogP contribution < -0.4 is 5.32 Å². The second-order valence-corrected chi connectivity index (χ2v) is 5.56. The summed E-state index contributed by atoms with van der Waals surface area (Å²) in [5, 5.41) is 2.85. The number of carbonyl (C=O) groups is 1. The molecule has 0 saturated heterocycles. The summed E-state index contributed by atoms with van der Waals surface area (Å²) in [5.41, 5.74) is 3.15. The molecule has 0 spiro atoms. The third kappa shape index (κ3) is 3.52. The van der Waals surface area contributed by atoms with E-state index < -0.39 is 0 Å². The Kier molecular flexibility index (Phi) is 4.49. The van der Waals surface area contributed by atoms with E-state index in [9.17, 15) is 9.18 Å². The number of fused-ring (bicyclic) bond motifs is 1. The van der Waals surface area contributed by atoms with Crippen LogP contribution in [0.15, 0.2) is 48.5 Å². The van der Waals surface area contributed by atoms with Crippen molar-refractivity contribution in [3.63, 3.8) is 0 Å². The van der Waals surface area contributed by atoms with E-state index in [1.807, 2.05) is 0 Å². The minimum Gasteiger partial charge on any atom is -0.351 e. The van der Waals surface area contributed by atoms with Gasteiger partial charge in [-0.1, -0.05) is 30.3 Å². The van der Waals surface area contributed by atoms with Gasteiger partial charge in [0.1, 0.15) is 5.82 Å². The van der Waals surface area contributed by atoms with Crippen molar-refractivity contribution in [1.29, 1.82) is 0 Å². The normalized spacial score (nSPS) is 14.4. The van der Waals surface area contributed by atoms with Crippen LogP contribution in [0.5, 0.6) is 0 Å². The quantitative estimate of drug-likeness (QED) is 0.941. The maximum Gasteiger partial charge on any atom is 0.251 e. The molecule has 0 saturated carbocycles. The molecule has 3 nitrogen and oxygen atoms in total. The zero-order chi connectivity index (χ0) is 15.4. The lowest BCUT2D eigenvalue weighted by atomic mass is 10.00. The van der Waals surface area contributed by atoms with Gasteiger partial charge in [0.05, 0.1) is 0 Å². The van der Waals surface area contributed by atoms with Gasteiger partial charge in [-0.15, -0.1) is 0 Å². The molecule has 22 heavy (non-hydrogen) atoms. The highest BCUT2D eigenvalue weighted by molar-refractivity contribution is 5.94. The summed E-state index contributed by atoms with van der Waals surface area (Å²) in [7, 11) is 0. The SMILES string of the molecule is O=C(NCCN1CCc2ccccc2C1)c1cccc(F)c1. The van der Waals surface area contributed by atoms with Crippen molar-refractivity contribution >= 4 is 5.91 Å². The summed E-state index contributed by atoms with van der Waals surface area (Å²) in [6.07, 6.45) is 1.05. The van der Waals surface area contributed by atoms with Gasteiger partial charge in [0.2, 0.25) is 0 Å². The highest BCUT2D eigenvalue weighted by Crippen LogP contribution is 2.17. The number of nitrogens with zero attached hydrogens (tertiary/aromatic N) is 1. The van der Waals surface area contributed by atoms with Crippen LogP contribution in [0.4, 0.5) is 4.39 Å². The summed E-state index contributed by atoms with van der Waals surface area (Å²) in [4.78, 5) is 14.3. The molecular weight excluding hydrogens is 279 g/mol. The molecule has 1 heterocycles. The van der Waals surface area contributed by atoms with E-state index in [0.717, 1.165) is 26.1 Å². The number of nitrogens with one attached hydrogen (secondary N) is 1. The van der Waals surface area contributed by atoms with Gasteiger partial charge in [0.25, 0.3) is 5.91 Å². The molecule has 0 fully saturated rings. The monoisotopic (exact) mass is 298 g/mol. The fourth-order valence-electron chi connectivity index (χ4n) is 2.80. The van der Waals surface area contributed by atoms with E-state index in [2.05, 4.69) is 34.5 Å². The minimum absolute atomic E-state index is 0.225. The minimum atomic E-state index is -0.389. The van der Waals surface area contributed by atoms with Crippen molar-refractivity contribution in [2.75, 3.05) is 19.6 Å². The first-order valence-corrected chi connectivity index (χ1v) is 7.55. The standard InChI is InChI=1S/C18H19FN2O/c19-17-7-3-6-15(12-17)18(22)20-9-11-21-10-8-14-4-1-2-5-16(14)13-21/h1-7,12H,8-11,13H2,(H,20,22). The molecule has 1 amide bonds. The first kappa shape index (κ1) is 14.7. The van der Waals surface area contributed by atoms with Gasteiger partial charge in [-0.2, -0.15) is 0 Å². The molecular formula is C18H19FN2O. The van der Waals surface area contributed by atoms with Crippen LogP contribution >= 0.6 is 0 Å².